The van der Waals surface area contributed by atoms with E-state index in [2.05, 4.69) is 12.2 Å². The maximum atomic E-state index is 5.48. The minimum Gasteiger partial charge on any atom is -0.385 e. The molecule has 0 heterocycles. The van der Waals surface area contributed by atoms with Crippen LogP contribution in [0.5, 0.6) is 0 Å². The first kappa shape index (κ1) is 16.8. The summed E-state index contributed by atoms with van der Waals surface area (Å²) in [4.78, 5) is 0. The first-order valence-electron chi connectivity index (χ1n) is 6.63. The first-order valence-corrected chi connectivity index (χ1v) is 6.63. The topological polar surface area (TPSA) is 39.7 Å². The molecule has 0 aliphatic carbocycles. The largest absolute Gasteiger partial charge is 0.385 e. The normalized spacial score (nSPS) is 12.9. The van der Waals surface area contributed by atoms with E-state index in [0.29, 0.717) is 19.3 Å². The van der Waals surface area contributed by atoms with E-state index in [9.17, 15) is 0 Å². The molecule has 0 radical (unpaired) electrons. The van der Waals surface area contributed by atoms with Crippen molar-refractivity contribution in [3.8, 4) is 0 Å². The molecular formula is C13H29NO3. The van der Waals surface area contributed by atoms with Gasteiger partial charge in [0.2, 0.25) is 0 Å². The van der Waals surface area contributed by atoms with Crippen molar-refractivity contribution in [1.82, 2.24) is 5.32 Å². The summed E-state index contributed by atoms with van der Waals surface area (Å²) in [5.74, 6) is 0. The molecule has 0 aromatic rings. The molecule has 0 aliphatic heterocycles. The third-order valence-electron chi connectivity index (χ3n) is 2.68. The predicted octanol–water partition coefficient (Wildman–Crippen LogP) is 1.83. The van der Waals surface area contributed by atoms with Crippen molar-refractivity contribution in [2.45, 2.75) is 38.6 Å². The van der Waals surface area contributed by atoms with Gasteiger partial charge in [-0.3, -0.25) is 0 Å². The Bertz CT molecular complexity index is 145. The van der Waals surface area contributed by atoms with E-state index in [-0.39, 0.29) is 0 Å². The van der Waals surface area contributed by atoms with Crippen molar-refractivity contribution in [3.05, 3.63) is 0 Å². The maximum absolute atomic E-state index is 5.48. The van der Waals surface area contributed by atoms with Gasteiger partial charge in [-0.2, -0.15) is 0 Å². The van der Waals surface area contributed by atoms with Crippen LogP contribution in [0.3, 0.4) is 0 Å². The van der Waals surface area contributed by atoms with Crippen molar-refractivity contribution in [3.63, 3.8) is 0 Å². The molecule has 0 saturated heterocycles. The number of nitrogens with one attached hydrogen (secondary N) is 1. The Balaban J connectivity index is 2.94. The molecule has 0 amide bonds. The number of unbranched alkanes of at least 4 members (excludes halogenated alkanes) is 1. The quantitative estimate of drug-likeness (QED) is 0.504. The molecule has 0 saturated carbocycles. The summed E-state index contributed by atoms with van der Waals surface area (Å²) >= 11 is 0. The summed E-state index contributed by atoms with van der Waals surface area (Å²) in [5, 5.41) is 3.23. The minimum atomic E-state index is 0.610. The minimum absolute atomic E-state index is 0.610. The Morgan fingerprint density at radius 2 is 1.53 bits per heavy atom. The van der Waals surface area contributed by atoms with Gasteiger partial charge in [-0.25, -0.2) is 0 Å². The van der Waals surface area contributed by atoms with Crippen molar-refractivity contribution >= 4 is 0 Å². The average Bonchev–Trinajstić information content (AvgIpc) is 2.35. The Hall–Kier alpha value is -0.160. The van der Waals surface area contributed by atoms with Crippen molar-refractivity contribution in [2.24, 2.45) is 0 Å². The number of ether oxygens (including phenoxy) is 3. The Labute approximate surface area is 106 Å². The summed E-state index contributed by atoms with van der Waals surface area (Å²) < 4.78 is 15.8. The van der Waals surface area contributed by atoms with Crippen LogP contribution in [0.25, 0.3) is 0 Å². The highest BCUT2D eigenvalue weighted by atomic mass is 16.5. The first-order chi connectivity index (χ1) is 8.31. The van der Waals surface area contributed by atoms with Gasteiger partial charge in [-0.05, 0) is 39.7 Å². The fraction of sp³-hybridized carbons (Fsp3) is 1.00. The van der Waals surface area contributed by atoms with Crippen LogP contribution in [-0.4, -0.2) is 53.2 Å². The molecule has 4 heteroatoms. The van der Waals surface area contributed by atoms with Crippen LogP contribution in [0.1, 0.15) is 32.6 Å². The second-order valence-corrected chi connectivity index (χ2v) is 4.26. The van der Waals surface area contributed by atoms with Gasteiger partial charge in [-0.15, -0.1) is 0 Å². The highest BCUT2D eigenvalue weighted by Crippen LogP contribution is 2.00. The second kappa shape index (κ2) is 13.9. The van der Waals surface area contributed by atoms with E-state index < -0.39 is 0 Å². The highest BCUT2D eigenvalue weighted by molar-refractivity contribution is 4.56. The molecule has 0 aromatic carbocycles. The lowest BCUT2D eigenvalue weighted by atomic mass is 10.1. The Morgan fingerprint density at radius 3 is 2.12 bits per heavy atom. The molecule has 0 aliphatic rings. The van der Waals surface area contributed by atoms with Gasteiger partial charge < -0.3 is 19.5 Å². The molecule has 0 fully saturated rings. The molecule has 17 heavy (non-hydrogen) atoms. The molecule has 0 aromatic heterocycles. The molecule has 4 nitrogen and oxygen atoms in total. The smallest absolute Gasteiger partial charge is 0.0700 e. The van der Waals surface area contributed by atoms with Gasteiger partial charge in [0.1, 0.15) is 0 Å². The number of hydrogen-bond acceptors (Lipinski definition) is 4. The third kappa shape index (κ3) is 13.8. The van der Waals surface area contributed by atoms with Gasteiger partial charge in [0, 0.05) is 33.0 Å². The van der Waals surface area contributed by atoms with Gasteiger partial charge >= 0.3 is 0 Å². The van der Waals surface area contributed by atoms with E-state index in [4.69, 9.17) is 14.2 Å². The van der Waals surface area contributed by atoms with Crippen LogP contribution >= 0.6 is 0 Å². The van der Waals surface area contributed by atoms with Crippen LogP contribution in [0.15, 0.2) is 0 Å². The maximum Gasteiger partial charge on any atom is 0.0700 e. The number of methoxy groups -OCH3 is 1. The zero-order valence-electron chi connectivity index (χ0n) is 11.7. The molecule has 1 atom stereocenters. The van der Waals surface area contributed by atoms with Crippen LogP contribution in [0, 0.1) is 0 Å². The summed E-state index contributed by atoms with van der Waals surface area (Å²) in [6.45, 7) is 5.97. The van der Waals surface area contributed by atoms with Crippen LogP contribution in [-0.2, 0) is 14.2 Å². The Kier molecular flexibility index (Phi) is 13.8. The van der Waals surface area contributed by atoms with Gasteiger partial charge in [-0.1, -0.05) is 0 Å². The summed E-state index contributed by atoms with van der Waals surface area (Å²) in [5.41, 5.74) is 0. The number of hydrogen-bond donors (Lipinski definition) is 1. The zero-order valence-corrected chi connectivity index (χ0v) is 11.7. The van der Waals surface area contributed by atoms with Crippen LogP contribution in [0.4, 0.5) is 0 Å². The van der Waals surface area contributed by atoms with Crippen molar-refractivity contribution in [1.29, 1.82) is 0 Å². The standard InChI is InChI=1S/C13H29NO3/c1-13(14-2)7-4-5-9-16-11-12-17-10-6-8-15-3/h13-14H,4-12H2,1-3H3. The van der Waals surface area contributed by atoms with Crippen LogP contribution < -0.4 is 5.32 Å². The molecule has 104 valence electrons. The van der Waals surface area contributed by atoms with Crippen molar-refractivity contribution < 1.29 is 14.2 Å². The SMILES string of the molecule is CNC(C)CCCCOCCOCCCOC. The lowest BCUT2D eigenvalue weighted by Gasteiger charge is -2.09. The summed E-state index contributed by atoms with van der Waals surface area (Å²) in [6, 6.07) is 0.610. The van der Waals surface area contributed by atoms with Gasteiger partial charge in [0.15, 0.2) is 0 Å². The fourth-order valence-corrected chi connectivity index (χ4v) is 1.43. The van der Waals surface area contributed by atoms with Gasteiger partial charge in [0.05, 0.1) is 13.2 Å². The van der Waals surface area contributed by atoms with Crippen molar-refractivity contribution in [2.75, 3.05) is 47.2 Å². The third-order valence-corrected chi connectivity index (χ3v) is 2.68. The van der Waals surface area contributed by atoms with Crippen LogP contribution in [0.2, 0.25) is 0 Å². The average molecular weight is 247 g/mol. The molecule has 1 N–H and O–H groups in total. The molecule has 1 unspecified atom stereocenters. The lowest BCUT2D eigenvalue weighted by molar-refractivity contribution is 0.0386. The zero-order chi connectivity index (χ0) is 12.8. The summed E-state index contributed by atoms with van der Waals surface area (Å²) in [6.07, 6.45) is 4.53. The molecular weight excluding hydrogens is 218 g/mol. The predicted molar refractivity (Wildman–Crippen MR) is 70.5 cm³/mol. The lowest BCUT2D eigenvalue weighted by Crippen LogP contribution is -2.20. The highest BCUT2D eigenvalue weighted by Gasteiger charge is 1.97. The van der Waals surface area contributed by atoms with Gasteiger partial charge in [0.25, 0.3) is 0 Å². The van der Waals surface area contributed by atoms with E-state index in [0.717, 1.165) is 32.7 Å². The number of rotatable bonds is 13. The van der Waals surface area contributed by atoms with E-state index in [1.54, 1.807) is 7.11 Å². The monoisotopic (exact) mass is 247 g/mol. The Morgan fingerprint density at radius 1 is 0.882 bits per heavy atom. The second-order valence-electron chi connectivity index (χ2n) is 4.26. The molecule has 0 rings (SSSR count). The fourth-order valence-electron chi connectivity index (χ4n) is 1.43. The van der Waals surface area contributed by atoms with E-state index >= 15 is 0 Å². The summed E-state index contributed by atoms with van der Waals surface area (Å²) in [7, 11) is 3.71. The van der Waals surface area contributed by atoms with E-state index in [1.165, 1.54) is 12.8 Å². The molecule has 0 spiro atoms. The van der Waals surface area contributed by atoms with E-state index in [1.807, 2.05) is 7.05 Å². The molecule has 0 bridgehead atoms.